The number of carboxylic acid groups (broad SMARTS) is 1. The molecule has 1 saturated carbocycles. The zero-order chi connectivity index (χ0) is 27.1. The number of primary amides is 1. The minimum absolute atomic E-state index is 0.00578. The Morgan fingerprint density at radius 1 is 1.18 bits per heavy atom. The molecule has 0 unspecified atom stereocenters. The molecule has 4 N–H and O–H groups in total. The fraction of sp³-hybridized carbons (Fsp3) is 0.308. The molecule has 2 fully saturated rings. The predicted octanol–water partition coefficient (Wildman–Crippen LogP) is 4.02. The smallest absolute Gasteiger partial charge is 0.341 e. The van der Waals surface area contributed by atoms with Crippen molar-refractivity contribution in [2.45, 2.75) is 37.8 Å². The highest BCUT2D eigenvalue weighted by Crippen LogP contribution is 2.48. The van der Waals surface area contributed by atoms with Crippen molar-refractivity contribution in [3.8, 4) is 5.75 Å². The van der Waals surface area contributed by atoms with Gasteiger partial charge in [0.05, 0.1) is 22.3 Å². The van der Waals surface area contributed by atoms with Gasteiger partial charge in [0, 0.05) is 30.1 Å². The van der Waals surface area contributed by atoms with Crippen molar-refractivity contribution < 1.29 is 33.4 Å². The molecule has 0 bridgehead atoms. The summed E-state index contributed by atoms with van der Waals surface area (Å²) in [5.74, 6) is -1.42. The molecule has 2 heterocycles. The maximum absolute atomic E-state index is 14.2. The van der Waals surface area contributed by atoms with E-state index in [1.54, 1.807) is 23.1 Å². The van der Waals surface area contributed by atoms with E-state index in [0.29, 0.717) is 28.6 Å². The Morgan fingerprint density at radius 3 is 2.71 bits per heavy atom. The van der Waals surface area contributed by atoms with E-state index in [2.05, 4.69) is 5.32 Å². The molecule has 1 aliphatic carbocycles. The lowest BCUT2D eigenvalue weighted by Gasteiger charge is -2.27. The molecule has 198 valence electrons. The second-order valence-electron chi connectivity index (χ2n) is 9.44. The first-order valence-electron chi connectivity index (χ1n) is 12.0. The number of rotatable bonds is 8. The Balaban J connectivity index is 1.33. The van der Waals surface area contributed by atoms with E-state index in [1.165, 1.54) is 24.4 Å². The Kier molecular flexibility index (Phi) is 6.70. The number of amides is 3. The molecule has 10 nitrogen and oxygen atoms in total. The summed E-state index contributed by atoms with van der Waals surface area (Å²) < 4.78 is 20.5. The predicted molar refractivity (Wildman–Crippen MR) is 136 cm³/mol. The second kappa shape index (κ2) is 9.97. The molecular formula is C26H24ClFN4O6. The fourth-order valence-electron chi connectivity index (χ4n) is 5.11. The summed E-state index contributed by atoms with van der Waals surface area (Å²) in [4.78, 5) is 50.9. The molecule has 5 rings (SSSR count). The number of aryl methyl sites for hydroxylation is 1. The molecule has 3 amide bonds. The monoisotopic (exact) mass is 542 g/mol. The number of carbonyl (C=O) groups is 4. The average molecular weight is 543 g/mol. The number of urea groups is 1. The Morgan fingerprint density at radius 2 is 1.97 bits per heavy atom. The number of hydrogen-bond donors (Lipinski definition) is 3. The van der Waals surface area contributed by atoms with E-state index < -0.39 is 36.5 Å². The first-order chi connectivity index (χ1) is 18.1. The molecule has 1 aromatic heterocycles. The van der Waals surface area contributed by atoms with Gasteiger partial charge in [0.15, 0.2) is 12.4 Å². The van der Waals surface area contributed by atoms with Gasteiger partial charge in [0.25, 0.3) is 0 Å². The molecule has 0 spiro atoms. The molecular weight excluding hydrogens is 519 g/mol. The van der Waals surface area contributed by atoms with Crippen LogP contribution in [0.25, 0.3) is 10.9 Å². The second-order valence-corrected chi connectivity index (χ2v) is 9.85. The minimum Gasteiger partial charge on any atom is -0.482 e. The Labute approximate surface area is 221 Å². The maximum atomic E-state index is 14.2. The van der Waals surface area contributed by atoms with Crippen LogP contribution in [0.15, 0.2) is 42.6 Å². The van der Waals surface area contributed by atoms with Crippen LogP contribution in [0.1, 0.15) is 24.8 Å². The first kappa shape index (κ1) is 25.5. The number of aromatic nitrogens is 1. The number of piperidine rings is 1. The van der Waals surface area contributed by atoms with Gasteiger partial charge in [-0.25, -0.2) is 18.8 Å². The molecule has 3 atom stereocenters. The van der Waals surface area contributed by atoms with Gasteiger partial charge in [-0.05, 0) is 48.9 Å². The van der Waals surface area contributed by atoms with Gasteiger partial charge in [-0.1, -0.05) is 23.7 Å². The van der Waals surface area contributed by atoms with Crippen molar-refractivity contribution in [3.05, 3.63) is 59.0 Å². The fourth-order valence-corrected chi connectivity index (χ4v) is 5.30. The normalized spacial score (nSPS) is 19.7. The SMILES string of the molecule is NC(=O)n1cc(NC(=O)N2[C@@H]3C[C@@H]3C[C@H]2C(=O)CCc2cccc(Cl)c2F)c2ccc(OCC(=O)O)cc21. The number of carbonyl (C=O) groups excluding carboxylic acids is 3. The van der Waals surface area contributed by atoms with Crippen LogP contribution in [0.4, 0.5) is 19.7 Å². The molecule has 0 radical (unpaired) electrons. The number of nitrogens with zero attached hydrogens (tertiary/aromatic N) is 2. The van der Waals surface area contributed by atoms with Crippen LogP contribution < -0.4 is 15.8 Å². The summed E-state index contributed by atoms with van der Waals surface area (Å²) in [5.41, 5.74) is 6.45. The van der Waals surface area contributed by atoms with E-state index in [0.717, 1.165) is 11.0 Å². The quantitative estimate of drug-likeness (QED) is 0.392. The van der Waals surface area contributed by atoms with Crippen molar-refractivity contribution in [2.75, 3.05) is 11.9 Å². The van der Waals surface area contributed by atoms with Gasteiger partial charge in [0.1, 0.15) is 11.6 Å². The number of ketones is 1. The van der Waals surface area contributed by atoms with Crippen LogP contribution in [0, 0.1) is 11.7 Å². The van der Waals surface area contributed by atoms with Crippen LogP contribution in [-0.2, 0) is 16.0 Å². The number of likely N-dealkylation sites (tertiary alicyclic amines) is 1. The summed E-state index contributed by atoms with van der Waals surface area (Å²) in [6.45, 7) is -0.566. The molecule has 12 heteroatoms. The number of halogens is 2. The number of ether oxygens (including phenoxy) is 1. The van der Waals surface area contributed by atoms with Gasteiger partial charge in [0.2, 0.25) is 0 Å². The van der Waals surface area contributed by atoms with E-state index in [-0.39, 0.29) is 41.4 Å². The number of carboxylic acids is 1. The number of nitrogens with one attached hydrogen (secondary N) is 1. The van der Waals surface area contributed by atoms with Crippen LogP contribution >= 0.6 is 11.6 Å². The molecule has 38 heavy (non-hydrogen) atoms. The van der Waals surface area contributed by atoms with Crippen molar-refractivity contribution in [2.24, 2.45) is 11.7 Å². The summed E-state index contributed by atoms with van der Waals surface area (Å²) in [5, 5.41) is 12.1. The number of aliphatic carboxylic acids is 1. The third kappa shape index (κ3) is 4.89. The first-order valence-corrected chi connectivity index (χ1v) is 12.4. The van der Waals surface area contributed by atoms with E-state index in [4.69, 9.17) is 27.2 Å². The summed E-state index contributed by atoms with van der Waals surface area (Å²) >= 11 is 5.84. The van der Waals surface area contributed by atoms with Crippen LogP contribution in [0.3, 0.4) is 0 Å². The highest BCUT2D eigenvalue weighted by atomic mass is 35.5. The lowest BCUT2D eigenvalue weighted by Crippen LogP contribution is -2.45. The summed E-state index contributed by atoms with van der Waals surface area (Å²) in [6.07, 6.45) is 2.94. The summed E-state index contributed by atoms with van der Waals surface area (Å²) in [7, 11) is 0. The molecule has 3 aromatic rings. The van der Waals surface area contributed by atoms with Crippen LogP contribution in [-0.4, -0.2) is 57.1 Å². The van der Waals surface area contributed by atoms with Crippen molar-refractivity contribution in [3.63, 3.8) is 0 Å². The van der Waals surface area contributed by atoms with Gasteiger partial charge in [-0.3, -0.25) is 9.36 Å². The van der Waals surface area contributed by atoms with E-state index >= 15 is 0 Å². The standard InChI is InChI=1S/C26H24ClFN4O6/c27-17-3-1-2-13(24(17)28)4-7-22(33)21-9-14-8-19(14)32(21)26(37)30-18-11-31(25(29)36)20-10-15(5-6-16(18)20)38-12-23(34)35/h1-3,5-6,10-11,14,19,21H,4,7-9,12H2,(H2,29,36)(H,30,37)(H,34,35)/t14-,19-,21+/m1/s1. The van der Waals surface area contributed by atoms with Gasteiger partial charge in [-0.15, -0.1) is 0 Å². The number of Topliss-reactive ketones (excluding diaryl/α,β-unsaturated/α-hetero) is 1. The van der Waals surface area contributed by atoms with Crippen molar-refractivity contribution >= 4 is 52.0 Å². The molecule has 2 aliphatic rings. The minimum atomic E-state index is -1.16. The Hall–Kier alpha value is -4.12. The number of benzene rings is 2. The number of anilines is 1. The van der Waals surface area contributed by atoms with Crippen molar-refractivity contribution in [1.82, 2.24) is 9.47 Å². The van der Waals surface area contributed by atoms with Gasteiger partial charge < -0.3 is 25.8 Å². The molecule has 1 saturated heterocycles. The Bertz CT molecular complexity index is 1470. The number of nitrogens with two attached hydrogens (primary N) is 1. The third-order valence-electron chi connectivity index (χ3n) is 7.00. The average Bonchev–Trinajstić information content (AvgIpc) is 3.39. The largest absolute Gasteiger partial charge is 0.482 e. The summed E-state index contributed by atoms with van der Waals surface area (Å²) in [6, 6.07) is 7.19. The number of hydrogen-bond acceptors (Lipinski definition) is 5. The maximum Gasteiger partial charge on any atom is 0.341 e. The zero-order valence-electron chi connectivity index (χ0n) is 20.0. The number of fused-ring (bicyclic) bond motifs is 2. The van der Waals surface area contributed by atoms with Gasteiger partial charge in [-0.2, -0.15) is 0 Å². The third-order valence-corrected chi connectivity index (χ3v) is 7.29. The lowest BCUT2D eigenvalue weighted by atomic mass is 10.00. The highest BCUT2D eigenvalue weighted by Gasteiger charge is 2.55. The van der Waals surface area contributed by atoms with Crippen LogP contribution in [0.5, 0.6) is 5.75 Å². The van der Waals surface area contributed by atoms with Crippen molar-refractivity contribution in [1.29, 1.82) is 0 Å². The highest BCUT2D eigenvalue weighted by molar-refractivity contribution is 6.30. The molecule has 2 aromatic carbocycles. The topological polar surface area (TPSA) is 144 Å². The van der Waals surface area contributed by atoms with Crippen LogP contribution in [0.2, 0.25) is 5.02 Å². The molecule has 1 aliphatic heterocycles. The van der Waals surface area contributed by atoms with E-state index in [1.807, 2.05) is 0 Å². The zero-order valence-corrected chi connectivity index (χ0v) is 20.8. The van der Waals surface area contributed by atoms with Gasteiger partial charge >= 0.3 is 18.0 Å². The lowest BCUT2D eigenvalue weighted by molar-refractivity contribution is -0.139. The van der Waals surface area contributed by atoms with E-state index in [9.17, 15) is 23.6 Å².